The average molecular weight is 367 g/mol. The largest absolute Gasteiger partial charge is 0.444 e. The Balaban J connectivity index is 1.66. The number of carbonyl (C=O) groups is 2. The van der Waals surface area contributed by atoms with E-state index in [0.29, 0.717) is 25.4 Å². The lowest BCUT2D eigenvalue weighted by Gasteiger charge is -2.33. The number of hydrogen-bond donors (Lipinski definition) is 0. The van der Waals surface area contributed by atoms with Crippen LogP contribution in [-0.2, 0) is 9.53 Å². The first-order chi connectivity index (χ1) is 12.2. The maximum Gasteiger partial charge on any atom is 0.410 e. The molecule has 0 aromatic carbocycles. The maximum absolute atomic E-state index is 12.5. The lowest BCUT2D eigenvalue weighted by atomic mass is 9.87. The van der Waals surface area contributed by atoms with E-state index < -0.39 is 5.60 Å². The molecule has 5 nitrogen and oxygen atoms in total. The lowest BCUT2D eigenvalue weighted by molar-refractivity contribution is -0.131. The molecular weight excluding hydrogens is 328 g/mol. The van der Waals surface area contributed by atoms with Crippen LogP contribution in [0.25, 0.3) is 0 Å². The highest BCUT2D eigenvalue weighted by Crippen LogP contribution is 2.27. The van der Waals surface area contributed by atoms with E-state index in [-0.39, 0.29) is 12.0 Å². The highest BCUT2D eigenvalue weighted by Gasteiger charge is 2.28. The van der Waals surface area contributed by atoms with Gasteiger partial charge in [-0.1, -0.05) is 32.1 Å². The van der Waals surface area contributed by atoms with Gasteiger partial charge in [-0.25, -0.2) is 4.79 Å². The third-order valence-corrected chi connectivity index (χ3v) is 5.75. The highest BCUT2D eigenvalue weighted by molar-refractivity contribution is 5.76. The number of rotatable bonds is 5. The number of nitrogens with zero attached hydrogens (tertiary/aromatic N) is 2. The normalized spacial score (nSPS) is 20.1. The second-order valence-corrected chi connectivity index (χ2v) is 9.22. The molecule has 1 saturated carbocycles. The summed E-state index contributed by atoms with van der Waals surface area (Å²) in [6.07, 6.45) is 10.1. The van der Waals surface area contributed by atoms with Gasteiger partial charge in [-0.3, -0.25) is 4.79 Å². The summed E-state index contributed by atoms with van der Waals surface area (Å²) in [6, 6.07) is 0. The van der Waals surface area contributed by atoms with E-state index in [2.05, 4.69) is 0 Å². The first kappa shape index (κ1) is 21.0. The summed E-state index contributed by atoms with van der Waals surface area (Å²) in [7, 11) is 1.95. The molecule has 0 aromatic rings. The van der Waals surface area contributed by atoms with Gasteiger partial charge >= 0.3 is 6.09 Å². The van der Waals surface area contributed by atoms with Gasteiger partial charge in [0.05, 0.1) is 0 Å². The Hall–Kier alpha value is -1.26. The molecule has 1 aliphatic heterocycles. The van der Waals surface area contributed by atoms with Crippen molar-refractivity contribution in [3.8, 4) is 0 Å². The third-order valence-electron chi connectivity index (χ3n) is 5.75. The van der Waals surface area contributed by atoms with E-state index in [1.54, 1.807) is 4.90 Å². The first-order valence-corrected chi connectivity index (χ1v) is 10.5. The summed E-state index contributed by atoms with van der Waals surface area (Å²) in [5.41, 5.74) is -0.453. The second kappa shape index (κ2) is 9.61. The van der Waals surface area contributed by atoms with Gasteiger partial charge in [0.2, 0.25) is 5.91 Å². The quantitative estimate of drug-likeness (QED) is 0.722. The Labute approximate surface area is 159 Å². The van der Waals surface area contributed by atoms with Crippen LogP contribution in [0, 0.1) is 11.8 Å². The molecule has 5 heteroatoms. The summed E-state index contributed by atoms with van der Waals surface area (Å²) in [4.78, 5) is 28.3. The summed E-state index contributed by atoms with van der Waals surface area (Å²) >= 11 is 0. The van der Waals surface area contributed by atoms with Crippen LogP contribution in [0.5, 0.6) is 0 Å². The van der Waals surface area contributed by atoms with Crippen molar-refractivity contribution >= 4 is 12.0 Å². The fourth-order valence-electron chi connectivity index (χ4n) is 4.03. The van der Waals surface area contributed by atoms with Crippen LogP contribution in [0.1, 0.15) is 78.6 Å². The Morgan fingerprint density at radius 1 is 1.00 bits per heavy atom. The molecule has 0 radical (unpaired) electrons. The molecule has 1 aliphatic carbocycles. The zero-order valence-corrected chi connectivity index (χ0v) is 17.3. The molecule has 2 aliphatic rings. The van der Waals surface area contributed by atoms with Crippen LogP contribution in [-0.4, -0.2) is 54.1 Å². The third kappa shape index (κ3) is 7.16. The van der Waals surface area contributed by atoms with E-state index in [1.165, 1.54) is 32.1 Å². The van der Waals surface area contributed by atoms with E-state index in [4.69, 9.17) is 4.74 Å². The summed E-state index contributed by atoms with van der Waals surface area (Å²) < 4.78 is 5.43. The Morgan fingerprint density at radius 3 is 2.19 bits per heavy atom. The van der Waals surface area contributed by atoms with Gasteiger partial charge in [-0.2, -0.15) is 0 Å². The zero-order chi connectivity index (χ0) is 19.2. The molecule has 2 rings (SSSR count). The van der Waals surface area contributed by atoms with Crippen LogP contribution in [0.2, 0.25) is 0 Å². The molecule has 0 bridgehead atoms. The van der Waals surface area contributed by atoms with Crippen molar-refractivity contribution < 1.29 is 14.3 Å². The van der Waals surface area contributed by atoms with Gasteiger partial charge in [0.25, 0.3) is 0 Å². The Kier molecular flexibility index (Phi) is 7.78. The number of amides is 2. The fourth-order valence-corrected chi connectivity index (χ4v) is 4.03. The molecule has 2 fully saturated rings. The first-order valence-electron chi connectivity index (χ1n) is 10.5. The van der Waals surface area contributed by atoms with Gasteiger partial charge < -0.3 is 14.5 Å². The molecule has 0 spiro atoms. The molecule has 0 atom stereocenters. The Morgan fingerprint density at radius 2 is 1.62 bits per heavy atom. The monoisotopic (exact) mass is 366 g/mol. The molecule has 26 heavy (non-hydrogen) atoms. The van der Waals surface area contributed by atoms with Crippen LogP contribution in [0.3, 0.4) is 0 Å². The van der Waals surface area contributed by atoms with Crippen molar-refractivity contribution in [1.82, 2.24) is 9.80 Å². The number of hydrogen-bond acceptors (Lipinski definition) is 3. The van der Waals surface area contributed by atoms with Gasteiger partial charge in [-0.05, 0) is 51.9 Å². The average Bonchev–Trinajstić information content (AvgIpc) is 2.59. The number of piperidine rings is 1. The number of likely N-dealkylation sites (tertiary alicyclic amines) is 1. The van der Waals surface area contributed by atoms with Crippen molar-refractivity contribution in [2.45, 2.75) is 84.2 Å². The molecule has 1 heterocycles. The minimum absolute atomic E-state index is 0.230. The zero-order valence-electron chi connectivity index (χ0n) is 17.3. The molecule has 1 saturated heterocycles. The summed E-state index contributed by atoms with van der Waals surface area (Å²) in [5, 5.41) is 0. The van der Waals surface area contributed by atoms with Gasteiger partial charge in [0, 0.05) is 33.1 Å². The molecule has 0 N–H and O–H groups in total. The molecule has 150 valence electrons. The summed E-state index contributed by atoms with van der Waals surface area (Å²) in [6.45, 7) is 7.94. The molecule has 0 aromatic heterocycles. The minimum Gasteiger partial charge on any atom is -0.444 e. The van der Waals surface area contributed by atoms with E-state index in [9.17, 15) is 9.59 Å². The topological polar surface area (TPSA) is 49.9 Å². The predicted octanol–water partition coefficient (Wildman–Crippen LogP) is 4.45. The van der Waals surface area contributed by atoms with Crippen LogP contribution in [0.4, 0.5) is 4.79 Å². The van der Waals surface area contributed by atoms with Gasteiger partial charge in [0.15, 0.2) is 0 Å². The van der Waals surface area contributed by atoms with Crippen molar-refractivity contribution in [3.63, 3.8) is 0 Å². The smallest absolute Gasteiger partial charge is 0.410 e. The number of ether oxygens (including phenoxy) is 1. The number of carbonyl (C=O) groups excluding carboxylic acids is 2. The van der Waals surface area contributed by atoms with Crippen molar-refractivity contribution in [2.24, 2.45) is 11.8 Å². The van der Waals surface area contributed by atoms with Crippen molar-refractivity contribution in [1.29, 1.82) is 0 Å². The molecule has 2 amide bonds. The maximum atomic E-state index is 12.5. The van der Waals surface area contributed by atoms with Crippen molar-refractivity contribution in [2.75, 3.05) is 26.7 Å². The fraction of sp³-hybridized carbons (Fsp3) is 0.905. The van der Waals surface area contributed by atoms with Gasteiger partial charge in [0.1, 0.15) is 5.60 Å². The van der Waals surface area contributed by atoms with E-state index in [0.717, 1.165) is 31.7 Å². The Bertz CT molecular complexity index is 458. The predicted molar refractivity (Wildman–Crippen MR) is 104 cm³/mol. The van der Waals surface area contributed by atoms with E-state index >= 15 is 0 Å². The molecular formula is C21H38N2O3. The second-order valence-electron chi connectivity index (χ2n) is 9.22. The minimum atomic E-state index is -0.453. The van der Waals surface area contributed by atoms with Gasteiger partial charge in [-0.15, -0.1) is 0 Å². The lowest BCUT2D eigenvalue weighted by Crippen LogP contribution is -2.42. The SMILES string of the molecule is CN(CCC1CCCCC1)C(=O)CC1CCN(C(=O)OC(C)(C)C)CC1. The van der Waals surface area contributed by atoms with Crippen LogP contribution < -0.4 is 0 Å². The van der Waals surface area contributed by atoms with E-state index in [1.807, 2.05) is 32.7 Å². The molecule has 0 unspecified atom stereocenters. The van der Waals surface area contributed by atoms with Crippen LogP contribution >= 0.6 is 0 Å². The summed E-state index contributed by atoms with van der Waals surface area (Å²) in [5.74, 6) is 1.46. The highest BCUT2D eigenvalue weighted by atomic mass is 16.6. The van der Waals surface area contributed by atoms with Crippen molar-refractivity contribution in [3.05, 3.63) is 0 Å². The standard InChI is InChI=1S/C21H38N2O3/c1-21(2,3)26-20(25)23-14-11-18(12-15-23)16-19(24)22(4)13-10-17-8-6-5-7-9-17/h17-18H,5-16H2,1-4H3. The van der Waals surface area contributed by atoms with Crippen LogP contribution in [0.15, 0.2) is 0 Å².